The van der Waals surface area contributed by atoms with Crippen molar-refractivity contribution in [1.82, 2.24) is 0 Å². The van der Waals surface area contributed by atoms with Gasteiger partial charge in [0.2, 0.25) is 0 Å². The van der Waals surface area contributed by atoms with Gasteiger partial charge >= 0.3 is 0 Å². The summed E-state index contributed by atoms with van der Waals surface area (Å²) in [7, 11) is 0. The topological polar surface area (TPSA) is 84.6 Å². The zero-order valence-electron chi connectivity index (χ0n) is 12.3. The number of hydrogen-bond donors (Lipinski definition) is 2. The molecule has 0 aromatic heterocycles. The van der Waals surface area contributed by atoms with E-state index in [4.69, 9.17) is 4.74 Å². The molecule has 0 bridgehead atoms. The Hall–Kier alpha value is -1.82. The first-order valence-electron chi connectivity index (χ1n) is 6.67. The summed E-state index contributed by atoms with van der Waals surface area (Å²) in [4.78, 5) is 10.4. The van der Waals surface area contributed by atoms with E-state index in [-0.39, 0.29) is 17.7 Å². The summed E-state index contributed by atoms with van der Waals surface area (Å²) in [6, 6.07) is 4.52. The smallest absolute Gasteiger partial charge is 0.275 e. The Morgan fingerprint density at radius 2 is 1.95 bits per heavy atom. The molecule has 1 aromatic carbocycles. The fraction of sp³-hybridized carbons (Fsp3) is 0.571. The molecule has 0 fully saturated rings. The highest BCUT2D eigenvalue weighted by Gasteiger charge is 2.13. The number of nitro groups is 1. The highest BCUT2D eigenvalue weighted by Crippen LogP contribution is 2.26. The number of aliphatic hydroxyl groups excluding tert-OH is 1. The Bertz CT molecular complexity index is 460. The molecule has 0 heterocycles. The van der Waals surface area contributed by atoms with E-state index in [1.165, 1.54) is 12.1 Å². The maximum Gasteiger partial charge on any atom is 0.275 e. The largest absolute Gasteiger partial charge is 0.491 e. The lowest BCUT2D eigenvalue weighted by atomic mass is 10.1. The lowest BCUT2D eigenvalue weighted by Crippen LogP contribution is -2.24. The third-order valence-electron chi connectivity index (χ3n) is 2.76. The first-order valence-corrected chi connectivity index (χ1v) is 6.67. The molecule has 0 aliphatic rings. The van der Waals surface area contributed by atoms with Crippen LogP contribution in [-0.2, 0) is 0 Å². The van der Waals surface area contributed by atoms with Crippen molar-refractivity contribution < 1.29 is 14.8 Å². The van der Waals surface area contributed by atoms with Gasteiger partial charge in [-0.25, -0.2) is 0 Å². The van der Waals surface area contributed by atoms with Gasteiger partial charge < -0.3 is 15.2 Å². The van der Waals surface area contributed by atoms with Crippen LogP contribution in [0.5, 0.6) is 5.75 Å². The summed E-state index contributed by atoms with van der Waals surface area (Å²) in [6.07, 6.45) is -0.574. The molecule has 0 spiro atoms. The van der Waals surface area contributed by atoms with Crippen LogP contribution >= 0.6 is 0 Å². The van der Waals surface area contributed by atoms with E-state index in [0.717, 1.165) is 0 Å². The number of non-ortho nitro benzene ring substituents is 1. The highest BCUT2D eigenvalue weighted by atomic mass is 16.6. The molecule has 1 atom stereocenters. The number of rotatable bonds is 7. The second-order valence-corrected chi connectivity index (χ2v) is 5.33. The van der Waals surface area contributed by atoms with Crippen molar-refractivity contribution in [1.29, 1.82) is 0 Å². The van der Waals surface area contributed by atoms with Gasteiger partial charge in [-0.3, -0.25) is 10.1 Å². The molecule has 112 valence electrons. The van der Waals surface area contributed by atoms with E-state index >= 15 is 0 Å². The second-order valence-electron chi connectivity index (χ2n) is 5.33. The molecule has 0 aliphatic carbocycles. The lowest BCUT2D eigenvalue weighted by molar-refractivity contribution is -0.384. The molecule has 0 saturated carbocycles. The van der Waals surface area contributed by atoms with Gasteiger partial charge in [-0.05, 0) is 19.8 Å². The van der Waals surface area contributed by atoms with E-state index in [1.54, 1.807) is 6.07 Å². The molecule has 0 radical (unpaired) electrons. The van der Waals surface area contributed by atoms with E-state index in [9.17, 15) is 15.2 Å². The molecule has 0 amide bonds. The SMILES string of the molecule is CC(C)Oc1cc(NCC(O)C(C)C)cc([N+](=O)[O-])c1. The van der Waals surface area contributed by atoms with E-state index in [1.807, 2.05) is 27.7 Å². The number of nitro benzene ring substituents is 1. The lowest BCUT2D eigenvalue weighted by Gasteiger charge is -2.17. The van der Waals surface area contributed by atoms with Crippen molar-refractivity contribution in [2.24, 2.45) is 5.92 Å². The van der Waals surface area contributed by atoms with Crippen molar-refractivity contribution in [3.05, 3.63) is 28.3 Å². The Kier molecular flexibility index (Phi) is 5.76. The van der Waals surface area contributed by atoms with Crippen LogP contribution in [0.1, 0.15) is 27.7 Å². The number of anilines is 1. The minimum absolute atomic E-state index is 0.0373. The van der Waals surface area contributed by atoms with Gasteiger partial charge in [-0.2, -0.15) is 0 Å². The summed E-state index contributed by atoms with van der Waals surface area (Å²) < 4.78 is 5.49. The number of hydrogen-bond acceptors (Lipinski definition) is 5. The zero-order valence-corrected chi connectivity index (χ0v) is 12.3. The normalized spacial score (nSPS) is 12.6. The molecule has 0 saturated heterocycles. The van der Waals surface area contributed by atoms with Gasteiger partial charge in [0.25, 0.3) is 5.69 Å². The number of nitrogens with one attached hydrogen (secondary N) is 1. The maximum absolute atomic E-state index is 10.9. The Morgan fingerprint density at radius 1 is 1.30 bits per heavy atom. The highest BCUT2D eigenvalue weighted by molar-refractivity contribution is 5.56. The van der Waals surface area contributed by atoms with E-state index < -0.39 is 11.0 Å². The minimum atomic E-state index is -0.510. The van der Waals surface area contributed by atoms with Crippen molar-refractivity contribution in [3.63, 3.8) is 0 Å². The number of benzene rings is 1. The molecular weight excluding hydrogens is 260 g/mol. The maximum atomic E-state index is 10.9. The zero-order chi connectivity index (χ0) is 15.3. The summed E-state index contributed by atoms with van der Waals surface area (Å²) in [5.74, 6) is 0.559. The molecule has 6 heteroatoms. The minimum Gasteiger partial charge on any atom is -0.491 e. The second kappa shape index (κ2) is 7.09. The number of aliphatic hydroxyl groups is 1. The number of ether oxygens (including phenoxy) is 1. The molecule has 1 aromatic rings. The van der Waals surface area contributed by atoms with Crippen LogP contribution < -0.4 is 10.1 Å². The summed E-state index contributed by atoms with van der Waals surface area (Å²) >= 11 is 0. The summed E-state index contributed by atoms with van der Waals surface area (Å²) in [5.41, 5.74) is 0.527. The van der Waals surface area contributed by atoms with E-state index in [0.29, 0.717) is 18.0 Å². The molecule has 6 nitrogen and oxygen atoms in total. The van der Waals surface area contributed by atoms with Crippen LogP contribution in [0.3, 0.4) is 0 Å². The molecule has 1 unspecified atom stereocenters. The predicted molar refractivity (Wildman–Crippen MR) is 78.2 cm³/mol. The molecule has 20 heavy (non-hydrogen) atoms. The van der Waals surface area contributed by atoms with Gasteiger partial charge in [0, 0.05) is 24.4 Å². The van der Waals surface area contributed by atoms with Crippen LogP contribution in [0.25, 0.3) is 0 Å². The van der Waals surface area contributed by atoms with Crippen LogP contribution in [-0.4, -0.2) is 28.8 Å². The molecule has 2 N–H and O–H groups in total. The van der Waals surface area contributed by atoms with Crippen LogP contribution in [0.2, 0.25) is 0 Å². The Balaban J connectivity index is 2.88. The molecule has 1 rings (SSSR count). The summed E-state index contributed by atoms with van der Waals surface area (Å²) in [5, 5.41) is 23.7. The summed E-state index contributed by atoms with van der Waals surface area (Å²) in [6.45, 7) is 7.86. The van der Waals surface area contributed by atoms with Gasteiger partial charge in [0.15, 0.2) is 0 Å². The Morgan fingerprint density at radius 3 is 2.45 bits per heavy atom. The average Bonchev–Trinajstić information content (AvgIpc) is 2.34. The van der Waals surface area contributed by atoms with Crippen LogP contribution in [0.15, 0.2) is 18.2 Å². The Labute approximate surface area is 118 Å². The first kappa shape index (κ1) is 16.2. The monoisotopic (exact) mass is 282 g/mol. The van der Waals surface area contributed by atoms with Crippen molar-refractivity contribution >= 4 is 11.4 Å². The fourth-order valence-electron chi connectivity index (χ4n) is 1.59. The fourth-order valence-corrected chi connectivity index (χ4v) is 1.59. The van der Waals surface area contributed by atoms with Crippen molar-refractivity contribution in [2.45, 2.75) is 39.9 Å². The van der Waals surface area contributed by atoms with Crippen molar-refractivity contribution in [3.8, 4) is 5.75 Å². The van der Waals surface area contributed by atoms with Gasteiger partial charge in [0.1, 0.15) is 5.75 Å². The number of nitrogens with zero attached hydrogens (tertiary/aromatic N) is 1. The van der Waals surface area contributed by atoms with Gasteiger partial charge in [-0.15, -0.1) is 0 Å². The van der Waals surface area contributed by atoms with Gasteiger partial charge in [0.05, 0.1) is 23.2 Å². The van der Waals surface area contributed by atoms with Gasteiger partial charge in [-0.1, -0.05) is 13.8 Å². The quantitative estimate of drug-likeness (QED) is 0.593. The molecule has 0 aliphatic heterocycles. The average molecular weight is 282 g/mol. The molecular formula is C14H22N2O4. The predicted octanol–water partition coefficient (Wildman–Crippen LogP) is 2.81. The van der Waals surface area contributed by atoms with Crippen LogP contribution in [0, 0.1) is 16.0 Å². The first-order chi connectivity index (χ1) is 9.29. The van der Waals surface area contributed by atoms with E-state index in [2.05, 4.69) is 5.32 Å². The van der Waals surface area contributed by atoms with Crippen molar-refractivity contribution in [2.75, 3.05) is 11.9 Å². The third kappa shape index (κ3) is 5.05. The third-order valence-corrected chi connectivity index (χ3v) is 2.76. The van der Waals surface area contributed by atoms with Crippen LogP contribution in [0.4, 0.5) is 11.4 Å². The standard InChI is InChI=1S/C14H22N2O4/c1-9(2)14(17)8-15-11-5-12(16(18)19)7-13(6-11)20-10(3)4/h5-7,9-10,14-15,17H,8H2,1-4H3.